The fourth-order valence-corrected chi connectivity index (χ4v) is 2.89. The van der Waals surface area contributed by atoms with Gasteiger partial charge in [-0.3, -0.25) is 0 Å². The largest absolute Gasteiger partial charge is 0.383 e. The summed E-state index contributed by atoms with van der Waals surface area (Å²) >= 11 is 12.4. The van der Waals surface area contributed by atoms with Gasteiger partial charge in [0.25, 0.3) is 0 Å². The number of nitrogens with zero attached hydrogens (tertiary/aromatic N) is 5. The maximum absolute atomic E-state index is 6.31. The van der Waals surface area contributed by atoms with Crippen LogP contribution in [0.3, 0.4) is 0 Å². The third-order valence-electron chi connectivity index (χ3n) is 3.72. The van der Waals surface area contributed by atoms with Gasteiger partial charge < -0.3 is 5.73 Å². The molecule has 0 saturated heterocycles. The molecule has 0 radical (unpaired) electrons. The van der Waals surface area contributed by atoms with Crippen molar-refractivity contribution in [2.45, 2.75) is 26.2 Å². The van der Waals surface area contributed by atoms with Crippen molar-refractivity contribution >= 4 is 29.0 Å². The van der Waals surface area contributed by atoms with Crippen LogP contribution in [-0.4, -0.2) is 25.2 Å². The van der Waals surface area contributed by atoms with E-state index in [9.17, 15) is 0 Å². The van der Waals surface area contributed by atoms with Gasteiger partial charge in [-0.05, 0) is 47.0 Å². The maximum Gasteiger partial charge on any atom is 0.191 e. The molecule has 0 bridgehead atoms. The SMILES string of the molecule is CCCCc1ccnc(N)c1-c1nnnn1-c1cccc(Cl)c1Cl. The molecule has 24 heavy (non-hydrogen) atoms. The molecule has 0 aliphatic carbocycles. The van der Waals surface area contributed by atoms with Gasteiger partial charge in [0.2, 0.25) is 0 Å². The fourth-order valence-electron chi connectivity index (χ4n) is 2.51. The molecule has 0 amide bonds. The normalized spacial score (nSPS) is 11.0. The zero-order valence-corrected chi connectivity index (χ0v) is 14.6. The second-order valence-electron chi connectivity index (χ2n) is 5.32. The van der Waals surface area contributed by atoms with Crippen LogP contribution in [0.2, 0.25) is 10.0 Å². The molecule has 2 N–H and O–H groups in total. The summed E-state index contributed by atoms with van der Waals surface area (Å²) in [4.78, 5) is 4.19. The highest BCUT2D eigenvalue weighted by atomic mass is 35.5. The van der Waals surface area contributed by atoms with E-state index in [1.165, 1.54) is 4.68 Å². The smallest absolute Gasteiger partial charge is 0.191 e. The number of hydrogen-bond acceptors (Lipinski definition) is 5. The van der Waals surface area contributed by atoms with E-state index < -0.39 is 0 Å². The molecule has 124 valence electrons. The van der Waals surface area contributed by atoms with Gasteiger partial charge >= 0.3 is 0 Å². The molecule has 0 spiro atoms. The Morgan fingerprint density at radius 3 is 2.83 bits per heavy atom. The van der Waals surface area contributed by atoms with Gasteiger partial charge in [0.15, 0.2) is 5.82 Å². The number of halogens is 2. The van der Waals surface area contributed by atoms with Crippen LogP contribution < -0.4 is 5.73 Å². The number of nitrogen functional groups attached to an aromatic ring is 1. The Morgan fingerprint density at radius 1 is 1.21 bits per heavy atom. The molecule has 3 rings (SSSR count). The Balaban J connectivity index is 2.17. The van der Waals surface area contributed by atoms with Crippen LogP contribution in [0.25, 0.3) is 17.1 Å². The maximum atomic E-state index is 6.31. The first-order valence-corrected chi connectivity index (χ1v) is 8.35. The van der Waals surface area contributed by atoms with Gasteiger partial charge in [-0.1, -0.05) is 42.6 Å². The Kier molecular flexibility index (Phi) is 4.97. The van der Waals surface area contributed by atoms with E-state index in [1.54, 1.807) is 24.4 Å². The number of aromatic nitrogens is 5. The average Bonchev–Trinajstić information content (AvgIpc) is 3.04. The van der Waals surface area contributed by atoms with E-state index in [2.05, 4.69) is 27.4 Å². The summed E-state index contributed by atoms with van der Waals surface area (Å²) in [6, 6.07) is 7.24. The molecule has 0 unspecified atom stereocenters. The highest BCUT2D eigenvalue weighted by Crippen LogP contribution is 2.33. The molecule has 0 atom stereocenters. The van der Waals surface area contributed by atoms with E-state index in [4.69, 9.17) is 28.9 Å². The molecule has 0 aliphatic heterocycles. The van der Waals surface area contributed by atoms with E-state index in [0.717, 1.165) is 30.4 Å². The first kappa shape index (κ1) is 16.7. The van der Waals surface area contributed by atoms with Crippen molar-refractivity contribution in [3.05, 3.63) is 46.1 Å². The van der Waals surface area contributed by atoms with Gasteiger partial charge in [-0.2, -0.15) is 4.68 Å². The molecule has 6 nitrogen and oxygen atoms in total. The molecule has 0 fully saturated rings. The van der Waals surface area contributed by atoms with Gasteiger partial charge in [0, 0.05) is 6.20 Å². The molecule has 0 saturated carbocycles. The highest BCUT2D eigenvalue weighted by Gasteiger charge is 2.20. The molecular weight excluding hydrogens is 347 g/mol. The number of unbranched alkanes of at least 4 members (excludes halogenated alkanes) is 1. The van der Waals surface area contributed by atoms with Crippen LogP contribution in [0.5, 0.6) is 0 Å². The van der Waals surface area contributed by atoms with Crippen LogP contribution in [-0.2, 0) is 6.42 Å². The predicted molar refractivity (Wildman–Crippen MR) is 95.4 cm³/mol. The second-order valence-corrected chi connectivity index (χ2v) is 6.11. The van der Waals surface area contributed by atoms with Crippen molar-refractivity contribution in [3.8, 4) is 17.1 Å². The van der Waals surface area contributed by atoms with Gasteiger partial charge in [-0.25, -0.2) is 4.98 Å². The lowest BCUT2D eigenvalue weighted by Crippen LogP contribution is -2.06. The number of hydrogen-bond donors (Lipinski definition) is 1. The van der Waals surface area contributed by atoms with Crippen LogP contribution in [0, 0.1) is 0 Å². The minimum atomic E-state index is 0.380. The number of tetrazole rings is 1. The average molecular weight is 363 g/mol. The fraction of sp³-hybridized carbons (Fsp3) is 0.250. The lowest BCUT2D eigenvalue weighted by atomic mass is 10.0. The zero-order valence-electron chi connectivity index (χ0n) is 13.1. The summed E-state index contributed by atoms with van der Waals surface area (Å²) in [5.74, 6) is 0.883. The summed E-state index contributed by atoms with van der Waals surface area (Å²) in [7, 11) is 0. The summed E-state index contributed by atoms with van der Waals surface area (Å²) in [5.41, 5.74) is 8.49. The third kappa shape index (κ3) is 3.07. The number of pyridine rings is 1. The summed E-state index contributed by atoms with van der Waals surface area (Å²) in [6.07, 6.45) is 4.68. The van der Waals surface area contributed by atoms with E-state index in [0.29, 0.717) is 27.4 Å². The van der Waals surface area contributed by atoms with Gasteiger partial charge in [0.05, 0.1) is 21.3 Å². The molecule has 0 aliphatic rings. The first-order valence-electron chi connectivity index (χ1n) is 7.60. The topological polar surface area (TPSA) is 82.5 Å². The highest BCUT2D eigenvalue weighted by molar-refractivity contribution is 6.43. The molecule has 2 aromatic heterocycles. The Labute approximate surface area is 149 Å². The predicted octanol–water partition coefficient (Wildman–Crippen LogP) is 3.96. The Bertz CT molecular complexity index is 862. The minimum Gasteiger partial charge on any atom is -0.383 e. The Hall–Kier alpha value is -2.18. The molecule has 8 heteroatoms. The van der Waals surface area contributed by atoms with Crippen LogP contribution >= 0.6 is 23.2 Å². The van der Waals surface area contributed by atoms with Crippen molar-refractivity contribution in [3.63, 3.8) is 0 Å². The molecule has 2 heterocycles. The lowest BCUT2D eigenvalue weighted by molar-refractivity contribution is 0.785. The summed E-state index contributed by atoms with van der Waals surface area (Å²) in [6.45, 7) is 2.14. The van der Waals surface area contributed by atoms with Crippen molar-refractivity contribution in [1.29, 1.82) is 0 Å². The van der Waals surface area contributed by atoms with E-state index in [1.807, 2.05) is 6.07 Å². The zero-order chi connectivity index (χ0) is 17.1. The van der Waals surface area contributed by atoms with Crippen LogP contribution in [0.1, 0.15) is 25.3 Å². The number of anilines is 1. The first-order chi connectivity index (χ1) is 11.6. The molecular formula is C16H16Cl2N6. The van der Waals surface area contributed by atoms with Crippen molar-refractivity contribution in [2.75, 3.05) is 5.73 Å². The number of benzene rings is 1. The third-order valence-corrected chi connectivity index (χ3v) is 4.53. The van der Waals surface area contributed by atoms with Gasteiger partial charge in [0.1, 0.15) is 5.82 Å². The van der Waals surface area contributed by atoms with E-state index in [-0.39, 0.29) is 0 Å². The van der Waals surface area contributed by atoms with Crippen molar-refractivity contribution in [1.82, 2.24) is 25.2 Å². The van der Waals surface area contributed by atoms with Crippen LogP contribution in [0.15, 0.2) is 30.5 Å². The second kappa shape index (κ2) is 7.15. The van der Waals surface area contributed by atoms with Gasteiger partial charge in [-0.15, -0.1) is 5.10 Å². The standard InChI is InChI=1S/C16H16Cl2N6/c1-2-3-5-10-8-9-20-15(19)13(10)16-21-22-23-24(16)12-7-4-6-11(17)14(12)18/h4,6-9H,2-3,5H2,1H3,(H2,19,20). The van der Waals surface area contributed by atoms with E-state index >= 15 is 0 Å². The Morgan fingerprint density at radius 2 is 2.04 bits per heavy atom. The summed E-state index contributed by atoms with van der Waals surface area (Å²) < 4.78 is 1.54. The monoisotopic (exact) mass is 362 g/mol. The van der Waals surface area contributed by atoms with Crippen molar-refractivity contribution in [2.24, 2.45) is 0 Å². The molecule has 1 aromatic carbocycles. The quantitative estimate of drug-likeness (QED) is 0.742. The summed E-state index contributed by atoms with van der Waals surface area (Å²) in [5, 5.41) is 12.8. The van der Waals surface area contributed by atoms with Crippen LogP contribution in [0.4, 0.5) is 5.82 Å². The van der Waals surface area contributed by atoms with Crippen molar-refractivity contribution < 1.29 is 0 Å². The number of rotatable bonds is 5. The molecule has 3 aromatic rings. The minimum absolute atomic E-state index is 0.380. The lowest BCUT2D eigenvalue weighted by Gasteiger charge is -2.12. The number of aryl methyl sites for hydroxylation is 1. The number of nitrogens with two attached hydrogens (primary N) is 1.